The summed E-state index contributed by atoms with van der Waals surface area (Å²) < 4.78 is 14.5. The van der Waals surface area contributed by atoms with Crippen molar-refractivity contribution >= 4 is 0 Å². The van der Waals surface area contributed by atoms with Crippen LogP contribution < -0.4 is 0 Å². The van der Waals surface area contributed by atoms with Crippen molar-refractivity contribution in [2.75, 3.05) is 0 Å². The lowest BCUT2D eigenvalue weighted by Crippen LogP contribution is -1.88. The summed E-state index contributed by atoms with van der Waals surface area (Å²) >= 11 is 0. The zero-order valence-corrected chi connectivity index (χ0v) is 14.1. The fourth-order valence-electron chi connectivity index (χ4n) is 2.99. The molecule has 0 unspecified atom stereocenters. The average Bonchev–Trinajstić information content (AvgIpc) is 2.63. The van der Waals surface area contributed by atoms with Gasteiger partial charge in [-0.1, -0.05) is 86.5 Å². The predicted octanol–water partition coefficient (Wildman–Crippen LogP) is 6.89. The van der Waals surface area contributed by atoms with Crippen LogP contribution in [0.4, 0.5) is 4.39 Å². The van der Waals surface area contributed by atoms with E-state index in [9.17, 15) is 4.39 Å². The maximum Gasteiger partial charge on any atom is 0.131 e. The van der Waals surface area contributed by atoms with Crippen molar-refractivity contribution in [2.24, 2.45) is 0 Å². The van der Waals surface area contributed by atoms with E-state index in [0.29, 0.717) is 5.56 Å². The molecule has 3 rings (SSSR count). The molecule has 3 aromatic rings. The normalized spacial score (nSPS) is 10.8. The molecule has 0 atom stereocenters. The second-order valence-electron chi connectivity index (χ2n) is 6.21. The van der Waals surface area contributed by atoms with Gasteiger partial charge in [0.15, 0.2) is 0 Å². The van der Waals surface area contributed by atoms with E-state index in [1.165, 1.54) is 24.8 Å². The van der Waals surface area contributed by atoms with Gasteiger partial charge in [0.25, 0.3) is 0 Å². The van der Waals surface area contributed by atoms with E-state index in [4.69, 9.17) is 0 Å². The molecule has 122 valence electrons. The van der Waals surface area contributed by atoms with Gasteiger partial charge in [0, 0.05) is 5.56 Å². The monoisotopic (exact) mass is 318 g/mol. The van der Waals surface area contributed by atoms with Crippen LogP contribution in [0.1, 0.15) is 31.7 Å². The van der Waals surface area contributed by atoms with E-state index in [1.807, 2.05) is 42.5 Å². The number of hydrogen-bond donors (Lipinski definition) is 0. The Kier molecular flexibility index (Phi) is 5.43. The molecule has 0 bridgehead atoms. The van der Waals surface area contributed by atoms with Crippen LogP contribution in [-0.2, 0) is 6.42 Å². The Morgan fingerprint density at radius 1 is 0.708 bits per heavy atom. The van der Waals surface area contributed by atoms with E-state index in [0.717, 1.165) is 23.1 Å². The zero-order chi connectivity index (χ0) is 16.8. The first kappa shape index (κ1) is 16.4. The largest absolute Gasteiger partial charge is 0.206 e. The summed E-state index contributed by atoms with van der Waals surface area (Å²) in [6.07, 6.45) is 4.87. The molecule has 0 aliphatic rings. The fourth-order valence-corrected chi connectivity index (χ4v) is 2.99. The van der Waals surface area contributed by atoms with Crippen LogP contribution in [0.5, 0.6) is 0 Å². The molecule has 1 heteroatoms. The maximum atomic E-state index is 14.5. The predicted molar refractivity (Wildman–Crippen MR) is 101 cm³/mol. The van der Waals surface area contributed by atoms with Crippen molar-refractivity contribution in [3.05, 3.63) is 84.2 Å². The minimum absolute atomic E-state index is 0.175. The standard InChI is InChI=1S/C23H23F/c1-2-3-5-8-18-11-13-19(14-12-18)21-15-16-22(23(24)17-21)20-9-6-4-7-10-20/h4,6-7,9-17H,2-3,5,8H2,1H3. The minimum Gasteiger partial charge on any atom is -0.206 e. The van der Waals surface area contributed by atoms with Gasteiger partial charge in [0.2, 0.25) is 0 Å². The number of hydrogen-bond acceptors (Lipinski definition) is 0. The summed E-state index contributed by atoms with van der Waals surface area (Å²) in [4.78, 5) is 0. The molecule has 0 aromatic heterocycles. The van der Waals surface area contributed by atoms with Crippen LogP contribution in [0.25, 0.3) is 22.3 Å². The molecule has 24 heavy (non-hydrogen) atoms. The number of rotatable bonds is 6. The van der Waals surface area contributed by atoms with Crippen molar-refractivity contribution in [1.82, 2.24) is 0 Å². The SMILES string of the molecule is CCCCCc1ccc(-c2ccc(-c3ccccc3)c(F)c2)cc1. The van der Waals surface area contributed by atoms with Gasteiger partial charge in [-0.3, -0.25) is 0 Å². The highest BCUT2D eigenvalue weighted by Gasteiger charge is 2.07. The third-order valence-corrected chi connectivity index (χ3v) is 4.41. The summed E-state index contributed by atoms with van der Waals surface area (Å²) in [5.74, 6) is -0.175. The highest BCUT2D eigenvalue weighted by atomic mass is 19.1. The van der Waals surface area contributed by atoms with Crippen LogP contribution >= 0.6 is 0 Å². The third-order valence-electron chi connectivity index (χ3n) is 4.41. The van der Waals surface area contributed by atoms with Gasteiger partial charge in [0.1, 0.15) is 5.82 Å². The van der Waals surface area contributed by atoms with Crippen LogP contribution in [-0.4, -0.2) is 0 Å². The summed E-state index contributed by atoms with van der Waals surface area (Å²) in [7, 11) is 0. The molecule has 0 radical (unpaired) electrons. The Balaban J connectivity index is 1.79. The fraction of sp³-hybridized carbons (Fsp3) is 0.217. The molecular weight excluding hydrogens is 295 g/mol. The van der Waals surface area contributed by atoms with Crippen LogP contribution in [0.3, 0.4) is 0 Å². The smallest absolute Gasteiger partial charge is 0.131 e. The number of aryl methyl sites for hydroxylation is 1. The molecule has 0 amide bonds. The second-order valence-corrected chi connectivity index (χ2v) is 6.21. The van der Waals surface area contributed by atoms with Gasteiger partial charge < -0.3 is 0 Å². The first-order valence-electron chi connectivity index (χ1n) is 8.72. The van der Waals surface area contributed by atoms with Gasteiger partial charge >= 0.3 is 0 Å². The topological polar surface area (TPSA) is 0 Å². The molecule has 0 saturated heterocycles. The molecule has 0 fully saturated rings. The summed E-state index contributed by atoms with van der Waals surface area (Å²) in [6, 6.07) is 23.7. The van der Waals surface area contributed by atoms with Crippen molar-refractivity contribution in [3.63, 3.8) is 0 Å². The molecule has 0 saturated carbocycles. The molecule has 0 heterocycles. The molecule has 0 spiro atoms. The Labute approximate surface area is 144 Å². The molecule has 3 aromatic carbocycles. The molecule has 0 aliphatic heterocycles. The highest BCUT2D eigenvalue weighted by Crippen LogP contribution is 2.28. The summed E-state index contributed by atoms with van der Waals surface area (Å²) in [5, 5.41) is 0. The number of unbranched alkanes of at least 4 members (excludes halogenated alkanes) is 2. The Morgan fingerprint density at radius 2 is 1.42 bits per heavy atom. The van der Waals surface area contributed by atoms with Crippen LogP contribution in [0.2, 0.25) is 0 Å². The lowest BCUT2D eigenvalue weighted by atomic mass is 9.98. The molecule has 0 nitrogen and oxygen atoms in total. The first-order valence-corrected chi connectivity index (χ1v) is 8.72. The number of benzene rings is 3. The van der Waals surface area contributed by atoms with E-state index >= 15 is 0 Å². The lowest BCUT2D eigenvalue weighted by Gasteiger charge is -2.08. The van der Waals surface area contributed by atoms with Gasteiger partial charge in [-0.2, -0.15) is 0 Å². The van der Waals surface area contributed by atoms with Crippen molar-refractivity contribution in [1.29, 1.82) is 0 Å². The Hall–Kier alpha value is -2.41. The minimum atomic E-state index is -0.175. The van der Waals surface area contributed by atoms with E-state index in [1.54, 1.807) is 6.07 Å². The van der Waals surface area contributed by atoms with E-state index in [-0.39, 0.29) is 5.82 Å². The van der Waals surface area contributed by atoms with Crippen molar-refractivity contribution in [3.8, 4) is 22.3 Å². The zero-order valence-electron chi connectivity index (χ0n) is 14.1. The van der Waals surface area contributed by atoms with Gasteiger partial charge in [-0.05, 0) is 41.2 Å². The first-order chi connectivity index (χ1) is 11.8. The van der Waals surface area contributed by atoms with E-state index in [2.05, 4.69) is 31.2 Å². The highest BCUT2D eigenvalue weighted by molar-refractivity contribution is 5.71. The quantitative estimate of drug-likeness (QED) is 0.434. The van der Waals surface area contributed by atoms with Gasteiger partial charge in [-0.25, -0.2) is 4.39 Å². The molecule has 0 N–H and O–H groups in total. The molecule has 0 aliphatic carbocycles. The summed E-state index contributed by atoms with van der Waals surface area (Å²) in [5.41, 5.74) is 4.90. The molecular formula is C23H23F. The van der Waals surface area contributed by atoms with Crippen molar-refractivity contribution in [2.45, 2.75) is 32.6 Å². The van der Waals surface area contributed by atoms with E-state index < -0.39 is 0 Å². The average molecular weight is 318 g/mol. The van der Waals surface area contributed by atoms with Gasteiger partial charge in [0.05, 0.1) is 0 Å². The van der Waals surface area contributed by atoms with Gasteiger partial charge in [-0.15, -0.1) is 0 Å². The Morgan fingerprint density at radius 3 is 2.08 bits per heavy atom. The lowest BCUT2D eigenvalue weighted by molar-refractivity contribution is 0.632. The van der Waals surface area contributed by atoms with Crippen LogP contribution in [0.15, 0.2) is 72.8 Å². The third kappa shape index (κ3) is 3.91. The Bertz CT molecular complexity index is 773. The van der Waals surface area contributed by atoms with Crippen LogP contribution in [0, 0.1) is 5.82 Å². The summed E-state index contributed by atoms with van der Waals surface area (Å²) in [6.45, 7) is 2.22. The number of halogens is 1. The van der Waals surface area contributed by atoms with Crippen molar-refractivity contribution < 1.29 is 4.39 Å². The maximum absolute atomic E-state index is 14.5. The second kappa shape index (κ2) is 7.92.